The zero-order valence-corrected chi connectivity index (χ0v) is 15.8. The molecule has 0 bridgehead atoms. The summed E-state index contributed by atoms with van der Waals surface area (Å²) in [5, 5.41) is 15.3. The number of nitrogen functional groups attached to an aromatic ring is 1. The predicted molar refractivity (Wildman–Crippen MR) is 115 cm³/mol. The van der Waals surface area contributed by atoms with E-state index in [2.05, 4.69) is 10.1 Å². The van der Waals surface area contributed by atoms with Gasteiger partial charge in [-0.25, -0.2) is 9.66 Å². The first kappa shape index (κ1) is 18.9. The number of benzene rings is 3. The van der Waals surface area contributed by atoms with Crippen LogP contribution in [0.4, 0.5) is 11.6 Å². The number of hydrogen-bond donors (Lipinski definition) is 1. The number of non-ortho nitro benzene ring substituents is 1. The second-order valence-corrected chi connectivity index (χ2v) is 6.37. The minimum atomic E-state index is -0.452. The third-order valence-corrected chi connectivity index (χ3v) is 4.24. The van der Waals surface area contributed by atoms with Crippen LogP contribution in [0.3, 0.4) is 0 Å². The zero-order chi connectivity index (χ0) is 20.9. The lowest BCUT2D eigenvalue weighted by atomic mass is 10.1. The van der Waals surface area contributed by atoms with Gasteiger partial charge in [-0.05, 0) is 29.8 Å². The summed E-state index contributed by atoms with van der Waals surface area (Å²) in [6.07, 6.45) is 3.25. The third kappa shape index (κ3) is 4.33. The molecule has 8 heteroatoms. The van der Waals surface area contributed by atoms with Crippen molar-refractivity contribution in [3.63, 3.8) is 0 Å². The van der Waals surface area contributed by atoms with Gasteiger partial charge >= 0.3 is 0 Å². The van der Waals surface area contributed by atoms with Crippen LogP contribution in [0, 0.1) is 10.1 Å². The maximum absolute atomic E-state index is 11.0. The number of rotatable bonds is 6. The zero-order valence-electron chi connectivity index (χ0n) is 15.8. The van der Waals surface area contributed by atoms with E-state index in [-0.39, 0.29) is 11.6 Å². The van der Waals surface area contributed by atoms with Gasteiger partial charge in [0.1, 0.15) is 11.5 Å². The first-order valence-electron chi connectivity index (χ1n) is 9.05. The first-order valence-corrected chi connectivity index (χ1v) is 9.05. The van der Waals surface area contributed by atoms with Crippen molar-refractivity contribution in [2.24, 2.45) is 5.10 Å². The highest BCUT2D eigenvalue weighted by Gasteiger charge is 2.11. The molecule has 2 N–H and O–H groups in total. The van der Waals surface area contributed by atoms with Crippen LogP contribution in [0.25, 0.3) is 11.3 Å². The topological polar surface area (TPSA) is 109 Å². The number of para-hydroxylation sites is 1. The molecule has 0 aliphatic rings. The molecule has 0 saturated heterocycles. The van der Waals surface area contributed by atoms with Crippen LogP contribution in [0.15, 0.2) is 90.2 Å². The molecule has 30 heavy (non-hydrogen) atoms. The van der Waals surface area contributed by atoms with Crippen LogP contribution in [0.2, 0.25) is 0 Å². The Labute approximate surface area is 172 Å². The fraction of sp³-hybridized carbons (Fsp3) is 0. The van der Waals surface area contributed by atoms with Gasteiger partial charge in [-0.1, -0.05) is 42.5 Å². The van der Waals surface area contributed by atoms with E-state index in [1.54, 1.807) is 24.5 Å². The number of imidazole rings is 1. The van der Waals surface area contributed by atoms with E-state index < -0.39 is 4.92 Å². The van der Waals surface area contributed by atoms with Crippen LogP contribution in [-0.2, 0) is 0 Å². The molecular formula is C22H17N5O3. The van der Waals surface area contributed by atoms with Crippen LogP contribution < -0.4 is 10.5 Å². The van der Waals surface area contributed by atoms with Gasteiger partial charge in [-0.2, -0.15) is 5.10 Å². The quantitative estimate of drug-likeness (QED) is 0.287. The van der Waals surface area contributed by atoms with Crippen molar-refractivity contribution in [2.45, 2.75) is 0 Å². The molecule has 8 nitrogen and oxygen atoms in total. The normalized spacial score (nSPS) is 10.9. The lowest BCUT2D eigenvalue weighted by Gasteiger charge is -2.05. The van der Waals surface area contributed by atoms with Gasteiger partial charge < -0.3 is 10.5 Å². The van der Waals surface area contributed by atoms with Crippen LogP contribution in [0.1, 0.15) is 5.56 Å². The fourth-order valence-electron chi connectivity index (χ4n) is 2.81. The smallest absolute Gasteiger partial charge is 0.270 e. The summed E-state index contributed by atoms with van der Waals surface area (Å²) >= 11 is 0. The molecule has 1 heterocycles. The number of nitro benzene ring substituents is 1. The minimum absolute atomic E-state index is 0.0145. The second-order valence-electron chi connectivity index (χ2n) is 6.37. The molecule has 0 radical (unpaired) electrons. The molecular weight excluding hydrogens is 382 g/mol. The summed E-state index contributed by atoms with van der Waals surface area (Å²) in [5.41, 5.74) is 7.83. The van der Waals surface area contributed by atoms with E-state index in [4.69, 9.17) is 10.5 Å². The Morgan fingerprint density at radius 2 is 1.77 bits per heavy atom. The molecule has 0 aliphatic heterocycles. The lowest BCUT2D eigenvalue weighted by molar-refractivity contribution is -0.384. The van der Waals surface area contributed by atoms with Crippen molar-refractivity contribution < 1.29 is 9.66 Å². The van der Waals surface area contributed by atoms with E-state index in [0.29, 0.717) is 17.0 Å². The predicted octanol–water partition coefficient (Wildman–Crippen LogP) is 4.72. The Balaban J connectivity index is 1.54. The average Bonchev–Trinajstić information content (AvgIpc) is 3.14. The van der Waals surface area contributed by atoms with Crippen LogP contribution >= 0.6 is 0 Å². The largest absolute Gasteiger partial charge is 0.457 e. The van der Waals surface area contributed by atoms with E-state index in [9.17, 15) is 10.1 Å². The summed E-state index contributed by atoms with van der Waals surface area (Å²) < 4.78 is 7.24. The number of nitrogens with zero attached hydrogens (tertiary/aromatic N) is 4. The minimum Gasteiger partial charge on any atom is -0.457 e. The molecule has 0 fully saturated rings. The van der Waals surface area contributed by atoms with Gasteiger partial charge in [-0.15, -0.1) is 0 Å². The molecule has 4 rings (SSSR count). The Kier molecular flexibility index (Phi) is 5.21. The van der Waals surface area contributed by atoms with E-state index in [1.807, 2.05) is 54.6 Å². The number of nitrogens with two attached hydrogens (primary N) is 1. The van der Waals surface area contributed by atoms with Gasteiger partial charge in [0.2, 0.25) is 5.95 Å². The Morgan fingerprint density at radius 1 is 1.00 bits per heavy atom. The Hall–Kier alpha value is -4.46. The van der Waals surface area contributed by atoms with Gasteiger partial charge in [0.15, 0.2) is 0 Å². The maximum atomic E-state index is 11.0. The SMILES string of the molecule is Nc1nc(-c2cccc([N+](=O)[O-])c2)cn1N=Cc1cccc(Oc2ccccc2)c1. The standard InChI is InChI=1S/C22H17N5O3/c23-22-25-21(17-7-5-8-18(13-17)27(28)29)15-26(22)24-14-16-6-4-11-20(12-16)30-19-9-2-1-3-10-19/h1-15H,(H2,23,25). The molecule has 0 amide bonds. The average molecular weight is 399 g/mol. The number of ether oxygens (including phenoxy) is 1. The lowest BCUT2D eigenvalue weighted by Crippen LogP contribution is -1.97. The molecule has 1 aromatic heterocycles. The second kappa shape index (κ2) is 8.27. The summed E-state index contributed by atoms with van der Waals surface area (Å²) in [4.78, 5) is 14.8. The Morgan fingerprint density at radius 3 is 2.57 bits per heavy atom. The van der Waals surface area contributed by atoms with Crippen molar-refractivity contribution in [3.05, 3.63) is 101 Å². The highest BCUT2D eigenvalue weighted by Crippen LogP contribution is 2.24. The molecule has 0 atom stereocenters. The van der Waals surface area contributed by atoms with Crippen molar-refractivity contribution >= 4 is 17.9 Å². The molecule has 0 aliphatic carbocycles. The highest BCUT2D eigenvalue weighted by molar-refractivity contribution is 5.80. The molecule has 3 aromatic carbocycles. The molecule has 0 saturated carbocycles. The van der Waals surface area contributed by atoms with Gasteiger partial charge in [0, 0.05) is 17.7 Å². The number of hydrogen-bond acceptors (Lipinski definition) is 6. The van der Waals surface area contributed by atoms with Gasteiger partial charge in [0.25, 0.3) is 5.69 Å². The maximum Gasteiger partial charge on any atom is 0.270 e. The van der Waals surface area contributed by atoms with Crippen LogP contribution in [0.5, 0.6) is 11.5 Å². The van der Waals surface area contributed by atoms with E-state index >= 15 is 0 Å². The Bertz CT molecular complexity index is 1220. The van der Waals surface area contributed by atoms with Crippen molar-refractivity contribution in [2.75, 3.05) is 5.73 Å². The van der Waals surface area contributed by atoms with Gasteiger partial charge in [-0.3, -0.25) is 10.1 Å². The third-order valence-electron chi connectivity index (χ3n) is 4.24. The van der Waals surface area contributed by atoms with Crippen molar-refractivity contribution in [3.8, 4) is 22.8 Å². The van der Waals surface area contributed by atoms with Crippen molar-refractivity contribution in [1.29, 1.82) is 0 Å². The molecule has 148 valence electrons. The summed E-state index contributed by atoms with van der Waals surface area (Å²) in [6.45, 7) is 0. The van der Waals surface area contributed by atoms with Crippen molar-refractivity contribution in [1.82, 2.24) is 9.66 Å². The number of nitro groups is 1. The summed E-state index contributed by atoms with van der Waals surface area (Å²) in [7, 11) is 0. The molecule has 0 spiro atoms. The van der Waals surface area contributed by atoms with Crippen LogP contribution in [-0.4, -0.2) is 20.8 Å². The molecule has 0 unspecified atom stereocenters. The fourth-order valence-corrected chi connectivity index (χ4v) is 2.81. The number of aromatic nitrogens is 2. The van der Waals surface area contributed by atoms with Gasteiger partial charge in [0.05, 0.1) is 23.0 Å². The van der Waals surface area contributed by atoms with E-state index in [0.717, 1.165) is 11.3 Å². The number of anilines is 1. The highest BCUT2D eigenvalue weighted by atomic mass is 16.6. The summed E-state index contributed by atoms with van der Waals surface area (Å²) in [5.74, 6) is 1.59. The summed E-state index contributed by atoms with van der Waals surface area (Å²) in [6, 6.07) is 23.1. The monoisotopic (exact) mass is 399 g/mol. The molecule has 4 aromatic rings. The first-order chi connectivity index (χ1) is 14.6. The van der Waals surface area contributed by atoms with E-state index in [1.165, 1.54) is 16.8 Å².